The molecular weight excluding hydrogens is 731 g/mol. The van der Waals surface area contributed by atoms with E-state index in [1.54, 1.807) is 0 Å². The molecule has 0 unspecified atom stereocenters. The number of phenols is 1. The number of hydrogen-bond donors (Lipinski definition) is 3. The van der Waals surface area contributed by atoms with Crippen molar-refractivity contribution >= 4 is 22.9 Å². The van der Waals surface area contributed by atoms with Gasteiger partial charge in [-0.05, 0) is 63.9 Å². The van der Waals surface area contributed by atoms with Gasteiger partial charge in [0.05, 0.1) is 15.9 Å². The number of benzene rings is 1. The number of phenolic OH excluding ortho intramolecular Hbond substituents is 1. The van der Waals surface area contributed by atoms with Crippen LogP contribution in [0.5, 0.6) is 5.75 Å². The maximum absolute atomic E-state index is 13.5. The summed E-state index contributed by atoms with van der Waals surface area (Å²) in [5.41, 5.74) is 3.85. The number of carbonyl (C=O) groups excluding carboxylic acids is 2. The van der Waals surface area contributed by atoms with Gasteiger partial charge in [-0.25, -0.2) is 0 Å². The number of allylic oxidation sites excluding steroid dienone is 10. The van der Waals surface area contributed by atoms with E-state index < -0.39 is 27.0 Å². The minimum Gasteiger partial charge on any atom is -0.502 e. The molecule has 0 amide bonds. The van der Waals surface area contributed by atoms with E-state index in [0.717, 1.165) is 60.1 Å². The van der Waals surface area contributed by atoms with Crippen LogP contribution in [0.2, 0.25) is 0 Å². The third kappa shape index (κ3) is 11.9. The monoisotopic (exact) mass is 789 g/mol. The van der Waals surface area contributed by atoms with Crippen LogP contribution < -0.4 is 10.6 Å². The molecule has 54 heavy (non-hydrogen) atoms. The zero-order valence-electron chi connectivity index (χ0n) is 33.8. The SMILES string of the molecule is CC(C)(C)C1=C/C(=C/N[C@@H]2CCCC[C@H]2N/C=C2/C=C(C(C)(C)C)C=C(C(C)(C)C)C2=O)C(=O)C(C(C)(C)C)=C1.O=[N+]([O-])c1ccc(O)c([N+](=O)[O-])c1.[Co]. The van der Waals surface area contributed by atoms with Gasteiger partial charge in [-0.2, -0.15) is 0 Å². The van der Waals surface area contributed by atoms with Crippen molar-refractivity contribution in [3.63, 3.8) is 0 Å². The van der Waals surface area contributed by atoms with Crippen LogP contribution in [-0.4, -0.2) is 38.6 Å². The van der Waals surface area contributed by atoms with Crippen LogP contribution in [-0.2, 0) is 26.4 Å². The molecule has 0 heterocycles. The van der Waals surface area contributed by atoms with Crippen molar-refractivity contribution in [2.75, 3.05) is 0 Å². The maximum atomic E-state index is 13.5. The van der Waals surface area contributed by atoms with Crippen molar-refractivity contribution in [2.45, 2.75) is 121 Å². The molecule has 0 bridgehead atoms. The Morgan fingerprint density at radius 2 is 1.04 bits per heavy atom. The molecule has 1 saturated carbocycles. The minimum absolute atomic E-state index is 0. The number of aromatic hydroxyl groups is 1. The Balaban J connectivity index is 0.000000608. The van der Waals surface area contributed by atoms with E-state index in [2.05, 4.69) is 118 Å². The molecule has 12 heteroatoms. The fourth-order valence-corrected chi connectivity index (χ4v) is 6.19. The quantitative estimate of drug-likeness (QED) is 0.145. The Labute approximate surface area is 330 Å². The second-order valence-corrected chi connectivity index (χ2v) is 18.2. The van der Waals surface area contributed by atoms with Gasteiger partial charge in [-0.15, -0.1) is 0 Å². The summed E-state index contributed by atoms with van der Waals surface area (Å²) in [6.45, 7) is 25.8. The van der Waals surface area contributed by atoms with E-state index in [9.17, 15) is 29.8 Å². The molecule has 3 N–H and O–H groups in total. The first kappa shape index (κ1) is 45.9. The van der Waals surface area contributed by atoms with Gasteiger partial charge in [0.1, 0.15) is 0 Å². The van der Waals surface area contributed by atoms with Crippen LogP contribution in [0.3, 0.4) is 0 Å². The summed E-state index contributed by atoms with van der Waals surface area (Å²) < 4.78 is 0. The van der Waals surface area contributed by atoms with Crippen LogP contribution in [0.4, 0.5) is 11.4 Å². The number of Topliss-reactive ketones (excluding diaryl/α,β-unsaturated/α-hetero) is 2. The molecule has 1 aromatic carbocycles. The molecule has 1 radical (unpaired) electrons. The van der Waals surface area contributed by atoms with Crippen LogP contribution >= 0.6 is 0 Å². The van der Waals surface area contributed by atoms with E-state index >= 15 is 0 Å². The molecule has 1 fully saturated rings. The van der Waals surface area contributed by atoms with Crippen molar-refractivity contribution in [2.24, 2.45) is 21.7 Å². The van der Waals surface area contributed by atoms with Crippen LogP contribution in [0, 0.1) is 41.9 Å². The van der Waals surface area contributed by atoms with E-state index in [-0.39, 0.29) is 62.1 Å². The summed E-state index contributed by atoms with van der Waals surface area (Å²) in [5, 5.41) is 36.6. The molecule has 2 atom stereocenters. The second kappa shape index (κ2) is 17.4. The van der Waals surface area contributed by atoms with Crippen molar-refractivity contribution < 1.29 is 41.3 Å². The predicted molar refractivity (Wildman–Crippen MR) is 210 cm³/mol. The summed E-state index contributed by atoms with van der Waals surface area (Å²) in [4.78, 5) is 45.7. The molecule has 3 aliphatic rings. The number of nitrogens with one attached hydrogen (secondary N) is 2. The zero-order chi connectivity index (χ0) is 40.3. The second-order valence-electron chi connectivity index (χ2n) is 18.2. The van der Waals surface area contributed by atoms with Crippen molar-refractivity contribution in [1.82, 2.24) is 10.6 Å². The number of rotatable bonds is 6. The zero-order valence-corrected chi connectivity index (χ0v) is 34.8. The number of ketones is 2. The molecule has 1 aromatic rings. The average molecular weight is 790 g/mol. The van der Waals surface area contributed by atoms with Gasteiger partial charge in [0.25, 0.3) is 5.69 Å². The van der Waals surface area contributed by atoms with Gasteiger partial charge >= 0.3 is 5.69 Å². The normalized spacial score (nSPS) is 21.1. The molecule has 0 spiro atoms. The maximum Gasteiger partial charge on any atom is 0.317 e. The van der Waals surface area contributed by atoms with E-state index in [1.807, 2.05) is 12.4 Å². The number of hydrogen-bond acceptors (Lipinski definition) is 9. The first-order valence-electron chi connectivity index (χ1n) is 18.2. The Morgan fingerprint density at radius 1 is 0.648 bits per heavy atom. The molecule has 0 saturated heterocycles. The largest absolute Gasteiger partial charge is 0.502 e. The molecule has 3 aliphatic carbocycles. The molecule has 4 rings (SSSR count). The fraction of sp³-hybridized carbons (Fsp3) is 0.524. The Bertz CT molecular complexity index is 1730. The third-order valence-corrected chi connectivity index (χ3v) is 9.62. The molecule has 0 aliphatic heterocycles. The van der Waals surface area contributed by atoms with Gasteiger partial charge < -0.3 is 15.7 Å². The Hall–Kier alpha value is -4.29. The van der Waals surface area contributed by atoms with Gasteiger partial charge in [0.2, 0.25) is 0 Å². The number of nitrogens with zero attached hydrogens (tertiary/aromatic N) is 2. The van der Waals surface area contributed by atoms with Gasteiger partial charge in [0, 0.05) is 69.6 Å². The molecule has 11 nitrogen and oxygen atoms in total. The number of nitro benzene ring substituents is 2. The van der Waals surface area contributed by atoms with Crippen LogP contribution in [0.15, 0.2) is 88.3 Å². The predicted octanol–water partition coefficient (Wildman–Crippen LogP) is 9.51. The Morgan fingerprint density at radius 3 is 1.35 bits per heavy atom. The first-order valence-corrected chi connectivity index (χ1v) is 18.2. The average Bonchev–Trinajstić information content (AvgIpc) is 3.02. The van der Waals surface area contributed by atoms with Crippen LogP contribution in [0.25, 0.3) is 0 Å². The third-order valence-electron chi connectivity index (χ3n) is 9.62. The summed E-state index contributed by atoms with van der Waals surface area (Å²) in [6, 6.07) is 2.95. The van der Waals surface area contributed by atoms with E-state index in [0.29, 0.717) is 6.07 Å². The van der Waals surface area contributed by atoms with Gasteiger partial charge in [0.15, 0.2) is 17.3 Å². The van der Waals surface area contributed by atoms with E-state index in [1.165, 1.54) is 11.1 Å². The van der Waals surface area contributed by atoms with Gasteiger partial charge in [-0.1, -0.05) is 108 Å². The standard InChI is InChI=1S/C36H54N2O2.C6H4N2O5.Co/c1-33(2,3)25-17-23(31(39)27(19-25)35(7,8)9)21-37-29-15-13-14-16-30(29)38-22-24-18-26(34(4,5)6)20-28(32(24)40)36(10,11)12;9-6-2-1-4(7(10)11)3-5(6)8(12)13;/h17-22,29-30,37-38H,13-16H2,1-12H3;1-3,9H;/b23-21-,24-22-;;/t29-,30-;;/m1../s1. The topological polar surface area (TPSA) is 165 Å². The fourth-order valence-electron chi connectivity index (χ4n) is 6.19. The summed E-state index contributed by atoms with van der Waals surface area (Å²) >= 11 is 0. The summed E-state index contributed by atoms with van der Waals surface area (Å²) in [6.07, 6.45) is 16.5. The smallest absolute Gasteiger partial charge is 0.317 e. The van der Waals surface area contributed by atoms with Crippen molar-refractivity contribution in [3.05, 3.63) is 109 Å². The molecule has 297 valence electrons. The Kier molecular flexibility index (Phi) is 14.8. The number of nitro groups is 2. The first-order chi connectivity index (χ1) is 24.2. The number of carbonyl (C=O) groups is 2. The molecular formula is C42H58CoN4O7. The van der Waals surface area contributed by atoms with Crippen molar-refractivity contribution in [1.29, 1.82) is 0 Å². The number of non-ortho nitro benzene ring substituents is 1. The summed E-state index contributed by atoms with van der Waals surface area (Å²) in [7, 11) is 0. The van der Waals surface area contributed by atoms with E-state index in [4.69, 9.17) is 5.11 Å². The summed E-state index contributed by atoms with van der Waals surface area (Å²) in [5.74, 6) is -0.384. The van der Waals surface area contributed by atoms with Gasteiger partial charge in [-0.3, -0.25) is 29.8 Å². The molecule has 0 aromatic heterocycles. The minimum atomic E-state index is -0.887. The van der Waals surface area contributed by atoms with Crippen LogP contribution in [0.1, 0.15) is 109 Å². The van der Waals surface area contributed by atoms with Crippen molar-refractivity contribution in [3.8, 4) is 5.75 Å².